The van der Waals surface area contributed by atoms with Crippen molar-refractivity contribution in [1.82, 2.24) is 4.73 Å². The number of benzene rings is 2. The minimum atomic E-state index is -0.432. The molecule has 0 aliphatic rings. The lowest BCUT2D eigenvalue weighted by Gasteiger charge is -2.12. The van der Waals surface area contributed by atoms with Gasteiger partial charge in [-0.3, -0.25) is 4.79 Å². The number of carbonyl (C=O) groups is 1. The largest absolute Gasteiger partial charge is 0.336 e. The molecule has 0 saturated carbocycles. The molecule has 3 aromatic rings. The predicted molar refractivity (Wildman–Crippen MR) is 73.0 cm³/mol. The van der Waals surface area contributed by atoms with Gasteiger partial charge in [0.25, 0.3) is 0 Å². The molecule has 0 amide bonds. The highest BCUT2D eigenvalue weighted by Gasteiger charge is 2.11. The van der Waals surface area contributed by atoms with E-state index < -0.39 is 5.97 Å². The van der Waals surface area contributed by atoms with Crippen LogP contribution in [0.5, 0.6) is 0 Å². The summed E-state index contributed by atoms with van der Waals surface area (Å²) in [6, 6.07) is 14.1. The predicted octanol–water partition coefficient (Wildman–Crippen LogP) is 2.13. The molecule has 3 rings (SSSR count). The Bertz CT molecular complexity index is 789. The summed E-state index contributed by atoms with van der Waals surface area (Å²) < 4.78 is 1.41. The molecule has 4 nitrogen and oxygen atoms in total. The maximum absolute atomic E-state index is 12.4. The van der Waals surface area contributed by atoms with Gasteiger partial charge >= 0.3 is 5.97 Å². The van der Waals surface area contributed by atoms with Gasteiger partial charge < -0.3 is 4.84 Å². The molecule has 0 radical (unpaired) electrons. The van der Waals surface area contributed by atoms with Crippen molar-refractivity contribution in [1.29, 1.82) is 0 Å². The maximum Gasteiger partial charge on any atom is 0.329 e. The summed E-state index contributed by atoms with van der Waals surface area (Å²) in [4.78, 5) is 28.9. The average molecular weight is 253 g/mol. The van der Waals surface area contributed by atoms with Gasteiger partial charge in [-0.15, -0.1) is 0 Å². The van der Waals surface area contributed by atoms with Crippen LogP contribution >= 0.6 is 0 Å². The molecule has 19 heavy (non-hydrogen) atoms. The van der Waals surface area contributed by atoms with Crippen LogP contribution in [0.15, 0.2) is 53.3 Å². The standard InChI is InChI=1S/C15H11NO3/c1-10(17)19-16-13-8-4-2-6-11(13)15(18)12-7-3-5-9-14(12)16/h2-9H,1H3. The van der Waals surface area contributed by atoms with Crippen LogP contribution in [0.2, 0.25) is 0 Å². The van der Waals surface area contributed by atoms with Crippen molar-refractivity contribution in [3.05, 3.63) is 58.8 Å². The van der Waals surface area contributed by atoms with Crippen LogP contribution in [0.3, 0.4) is 0 Å². The average Bonchev–Trinajstić information content (AvgIpc) is 2.43. The number of nitrogens with zero attached hydrogens (tertiary/aromatic N) is 1. The van der Waals surface area contributed by atoms with Gasteiger partial charge in [-0.2, -0.15) is 4.73 Å². The van der Waals surface area contributed by atoms with Gasteiger partial charge in [0.05, 0.1) is 11.0 Å². The van der Waals surface area contributed by atoms with Gasteiger partial charge in [0.1, 0.15) is 0 Å². The van der Waals surface area contributed by atoms with E-state index in [1.54, 1.807) is 48.5 Å². The zero-order chi connectivity index (χ0) is 13.4. The van der Waals surface area contributed by atoms with Crippen molar-refractivity contribution < 1.29 is 9.63 Å². The first-order chi connectivity index (χ1) is 9.18. The summed E-state index contributed by atoms with van der Waals surface area (Å²) in [7, 11) is 0. The van der Waals surface area contributed by atoms with Crippen LogP contribution in [0, 0.1) is 0 Å². The molecule has 0 aliphatic heterocycles. The summed E-state index contributed by atoms with van der Waals surface area (Å²) >= 11 is 0. The van der Waals surface area contributed by atoms with Crippen molar-refractivity contribution in [2.45, 2.75) is 6.92 Å². The minimum Gasteiger partial charge on any atom is -0.336 e. The molecule has 94 valence electrons. The molecule has 0 saturated heterocycles. The fraction of sp³-hybridized carbons (Fsp3) is 0.0667. The lowest BCUT2D eigenvalue weighted by molar-refractivity contribution is -0.140. The Hall–Kier alpha value is -2.62. The maximum atomic E-state index is 12.4. The molecule has 0 spiro atoms. The van der Waals surface area contributed by atoms with Gasteiger partial charge in [0.15, 0.2) is 5.43 Å². The number of fused-ring (bicyclic) bond motifs is 2. The van der Waals surface area contributed by atoms with Crippen molar-refractivity contribution in [3.8, 4) is 0 Å². The van der Waals surface area contributed by atoms with E-state index >= 15 is 0 Å². The second-order valence-electron chi connectivity index (χ2n) is 4.24. The van der Waals surface area contributed by atoms with Gasteiger partial charge in [-0.25, -0.2) is 4.79 Å². The Morgan fingerprint density at radius 3 is 1.89 bits per heavy atom. The number of pyridine rings is 1. The van der Waals surface area contributed by atoms with E-state index in [1.807, 2.05) is 0 Å². The number of hydrogen-bond donors (Lipinski definition) is 0. The topological polar surface area (TPSA) is 48.3 Å². The Labute approximate surface area is 108 Å². The number of aromatic nitrogens is 1. The monoisotopic (exact) mass is 253 g/mol. The van der Waals surface area contributed by atoms with Crippen LogP contribution in [-0.4, -0.2) is 10.7 Å². The number of rotatable bonds is 1. The van der Waals surface area contributed by atoms with Crippen LogP contribution < -0.4 is 10.3 Å². The van der Waals surface area contributed by atoms with E-state index in [0.717, 1.165) is 0 Å². The van der Waals surface area contributed by atoms with E-state index in [9.17, 15) is 9.59 Å². The normalized spacial score (nSPS) is 10.8. The van der Waals surface area contributed by atoms with Gasteiger partial charge in [-0.1, -0.05) is 24.3 Å². The molecule has 4 heteroatoms. The second kappa shape index (κ2) is 4.24. The SMILES string of the molecule is CC(=O)On1c2ccccc2c(=O)c2ccccc21. The smallest absolute Gasteiger partial charge is 0.329 e. The summed E-state index contributed by atoms with van der Waals surface area (Å²) in [5, 5.41) is 1.06. The highest BCUT2D eigenvalue weighted by atomic mass is 16.7. The molecule has 0 aliphatic carbocycles. The molecule has 2 aromatic carbocycles. The minimum absolute atomic E-state index is 0.0606. The van der Waals surface area contributed by atoms with E-state index in [-0.39, 0.29) is 5.43 Å². The lowest BCUT2D eigenvalue weighted by atomic mass is 10.1. The lowest BCUT2D eigenvalue weighted by Crippen LogP contribution is -2.21. The Morgan fingerprint density at radius 1 is 0.947 bits per heavy atom. The molecule has 0 N–H and O–H groups in total. The fourth-order valence-corrected chi connectivity index (χ4v) is 2.19. The van der Waals surface area contributed by atoms with Crippen molar-refractivity contribution in [3.63, 3.8) is 0 Å². The zero-order valence-corrected chi connectivity index (χ0v) is 10.3. The highest BCUT2D eigenvalue weighted by Crippen LogP contribution is 2.17. The van der Waals surface area contributed by atoms with E-state index in [0.29, 0.717) is 21.8 Å². The third-order valence-electron chi connectivity index (χ3n) is 2.95. The molecular weight excluding hydrogens is 242 g/mol. The molecule has 0 bridgehead atoms. The molecule has 1 aromatic heterocycles. The van der Waals surface area contributed by atoms with Gasteiger partial charge in [0, 0.05) is 17.7 Å². The van der Waals surface area contributed by atoms with Gasteiger partial charge in [-0.05, 0) is 24.3 Å². The van der Waals surface area contributed by atoms with Gasteiger partial charge in [0.2, 0.25) is 0 Å². The van der Waals surface area contributed by atoms with Crippen LogP contribution in [0.1, 0.15) is 6.92 Å². The second-order valence-corrected chi connectivity index (χ2v) is 4.24. The van der Waals surface area contributed by atoms with E-state index in [2.05, 4.69) is 0 Å². The summed E-state index contributed by atoms with van der Waals surface area (Å²) in [5.74, 6) is -0.432. The van der Waals surface area contributed by atoms with E-state index in [4.69, 9.17) is 4.84 Å². The van der Waals surface area contributed by atoms with E-state index in [1.165, 1.54) is 11.7 Å². The molecule has 0 atom stereocenters. The van der Waals surface area contributed by atoms with Crippen LogP contribution in [0.25, 0.3) is 21.8 Å². The first-order valence-corrected chi connectivity index (χ1v) is 5.90. The first kappa shape index (κ1) is 11.5. The van der Waals surface area contributed by atoms with Crippen LogP contribution in [-0.2, 0) is 4.79 Å². The quantitative estimate of drug-likeness (QED) is 0.624. The first-order valence-electron chi connectivity index (χ1n) is 5.90. The summed E-state index contributed by atoms with van der Waals surface area (Å²) in [5.41, 5.74) is 1.11. The number of para-hydroxylation sites is 2. The highest BCUT2D eigenvalue weighted by molar-refractivity contribution is 5.93. The third-order valence-corrected chi connectivity index (χ3v) is 2.95. The molecule has 0 unspecified atom stereocenters. The third kappa shape index (κ3) is 1.78. The zero-order valence-electron chi connectivity index (χ0n) is 10.3. The summed E-state index contributed by atoms with van der Waals surface area (Å²) in [6.45, 7) is 1.33. The number of hydrogen-bond acceptors (Lipinski definition) is 3. The fourth-order valence-electron chi connectivity index (χ4n) is 2.19. The van der Waals surface area contributed by atoms with Crippen molar-refractivity contribution >= 4 is 27.8 Å². The Kier molecular flexibility index (Phi) is 2.56. The Balaban J connectivity index is 2.56. The van der Waals surface area contributed by atoms with Crippen molar-refractivity contribution in [2.75, 3.05) is 0 Å². The number of carbonyl (C=O) groups excluding carboxylic acids is 1. The van der Waals surface area contributed by atoms with Crippen LogP contribution in [0.4, 0.5) is 0 Å². The van der Waals surface area contributed by atoms with Crippen molar-refractivity contribution in [2.24, 2.45) is 0 Å². The molecular formula is C15H11NO3. The molecule has 0 fully saturated rings. The summed E-state index contributed by atoms with van der Waals surface area (Å²) in [6.07, 6.45) is 0. The Morgan fingerprint density at radius 2 is 1.42 bits per heavy atom. The molecule has 1 heterocycles.